The van der Waals surface area contributed by atoms with Crippen LogP contribution in [-0.4, -0.2) is 24.5 Å². The van der Waals surface area contributed by atoms with Crippen LogP contribution in [0.3, 0.4) is 0 Å². The van der Waals surface area contributed by atoms with Gasteiger partial charge in [-0.3, -0.25) is 9.59 Å². The van der Waals surface area contributed by atoms with Crippen LogP contribution in [0.1, 0.15) is 13.3 Å². The predicted molar refractivity (Wildman–Crippen MR) is 88.5 cm³/mol. The molecule has 1 heterocycles. The Balaban J connectivity index is 1.67. The van der Waals surface area contributed by atoms with E-state index in [-0.39, 0.29) is 24.6 Å². The SMILES string of the molecule is CC1Oc2ccccc2N(CCC(=O)Nc2ccc(F)c(F)c2)C1=O. The minimum Gasteiger partial charge on any atom is -0.479 e. The van der Waals surface area contributed by atoms with Gasteiger partial charge in [-0.25, -0.2) is 8.78 Å². The van der Waals surface area contributed by atoms with E-state index in [0.29, 0.717) is 11.4 Å². The van der Waals surface area contributed by atoms with Crippen molar-refractivity contribution in [1.29, 1.82) is 0 Å². The molecule has 3 rings (SSSR count). The lowest BCUT2D eigenvalue weighted by atomic mass is 10.1. The van der Waals surface area contributed by atoms with Crippen LogP contribution in [0.5, 0.6) is 5.75 Å². The molecule has 7 heteroatoms. The van der Waals surface area contributed by atoms with Crippen LogP contribution < -0.4 is 15.0 Å². The second kappa shape index (κ2) is 6.88. The van der Waals surface area contributed by atoms with Crippen LogP contribution in [0.25, 0.3) is 0 Å². The Morgan fingerprint density at radius 1 is 1.20 bits per heavy atom. The summed E-state index contributed by atoms with van der Waals surface area (Å²) in [4.78, 5) is 25.9. The Kier molecular flexibility index (Phi) is 4.65. The average Bonchev–Trinajstić information content (AvgIpc) is 2.58. The molecule has 2 amide bonds. The first-order valence-electron chi connectivity index (χ1n) is 7.77. The van der Waals surface area contributed by atoms with E-state index in [0.717, 1.165) is 12.1 Å². The zero-order valence-electron chi connectivity index (χ0n) is 13.5. The highest BCUT2D eigenvalue weighted by Gasteiger charge is 2.31. The number of benzene rings is 2. The molecule has 0 aliphatic carbocycles. The summed E-state index contributed by atoms with van der Waals surface area (Å²) >= 11 is 0. The molecule has 0 saturated carbocycles. The number of carbonyl (C=O) groups excluding carboxylic acids is 2. The van der Waals surface area contributed by atoms with E-state index in [1.807, 2.05) is 0 Å². The monoisotopic (exact) mass is 346 g/mol. The van der Waals surface area contributed by atoms with Gasteiger partial charge >= 0.3 is 0 Å². The van der Waals surface area contributed by atoms with E-state index < -0.39 is 23.6 Å². The van der Waals surface area contributed by atoms with Crippen molar-refractivity contribution in [2.45, 2.75) is 19.4 Å². The molecule has 1 aliphatic rings. The molecule has 130 valence electrons. The molecular formula is C18H16F2N2O3. The fourth-order valence-corrected chi connectivity index (χ4v) is 2.60. The summed E-state index contributed by atoms with van der Waals surface area (Å²) in [5.41, 5.74) is 0.761. The van der Waals surface area contributed by atoms with Crippen molar-refractivity contribution in [2.75, 3.05) is 16.8 Å². The van der Waals surface area contributed by atoms with Gasteiger partial charge in [0.2, 0.25) is 5.91 Å². The van der Waals surface area contributed by atoms with Crippen molar-refractivity contribution in [3.8, 4) is 5.75 Å². The Morgan fingerprint density at radius 3 is 2.72 bits per heavy atom. The number of amides is 2. The highest BCUT2D eigenvalue weighted by molar-refractivity contribution is 6.00. The molecule has 1 unspecified atom stereocenters. The molecule has 0 spiro atoms. The number of para-hydroxylation sites is 2. The molecule has 2 aromatic rings. The zero-order chi connectivity index (χ0) is 18.0. The number of rotatable bonds is 4. The second-order valence-corrected chi connectivity index (χ2v) is 5.64. The minimum absolute atomic E-state index is 0.00574. The Hall–Kier alpha value is -2.96. The quantitative estimate of drug-likeness (QED) is 0.925. The molecule has 5 nitrogen and oxygen atoms in total. The lowest BCUT2D eigenvalue weighted by Gasteiger charge is -2.32. The Morgan fingerprint density at radius 2 is 1.96 bits per heavy atom. The average molecular weight is 346 g/mol. The molecule has 0 aromatic heterocycles. The maximum Gasteiger partial charge on any atom is 0.267 e. The minimum atomic E-state index is -1.04. The maximum atomic E-state index is 13.2. The van der Waals surface area contributed by atoms with Gasteiger partial charge in [0.15, 0.2) is 17.7 Å². The molecule has 2 aromatic carbocycles. The lowest BCUT2D eigenvalue weighted by molar-refractivity contribution is -0.125. The van der Waals surface area contributed by atoms with Gasteiger partial charge in [-0.1, -0.05) is 12.1 Å². The fraction of sp³-hybridized carbons (Fsp3) is 0.222. The van der Waals surface area contributed by atoms with E-state index in [2.05, 4.69) is 5.32 Å². The van der Waals surface area contributed by atoms with Gasteiger partial charge in [-0.05, 0) is 31.2 Å². The first-order chi connectivity index (χ1) is 12.0. The van der Waals surface area contributed by atoms with Crippen LogP contribution >= 0.6 is 0 Å². The van der Waals surface area contributed by atoms with Crippen molar-refractivity contribution in [2.24, 2.45) is 0 Å². The number of halogens is 2. The highest BCUT2D eigenvalue weighted by Crippen LogP contribution is 2.33. The smallest absolute Gasteiger partial charge is 0.267 e. The number of nitrogens with zero attached hydrogens (tertiary/aromatic N) is 1. The van der Waals surface area contributed by atoms with E-state index in [9.17, 15) is 18.4 Å². The number of hydrogen-bond donors (Lipinski definition) is 1. The van der Waals surface area contributed by atoms with Crippen molar-refractivity contribution in [3.05, 3.63) is 54.1 Å². The van der Waals surface area contributed by atoms with Crippen molar-refractivity contribution < 1.29 is 23.1 Å². The summed E-state index contributed by atoms with van der Waals surface area (Å²) in [5, 5.41) is 2.48. The third-order valence-electron chi connectivity index (χ3n) is 3.84. The van der Waals surface area contributed by atoms with Gasteiger partial charge in [0, 0.05) is 24.7 Å². The zero-order valence-corrected chi connectivity index (χ0v) is 13.5. The fourth-order valence-electron chi connectivity index (χ4n) is 2.60. The molecular weight excluding hydrogens is 330 g/mol. The number of carbonyl (C=O) groups is 2. The Bertz CT molecular complexity index is 826. The number of anilines is 2. The van der Waals surface area contributed by atoms with Crippen molar-refractivity contribution in [3.63, 3.8) is 0 Å². The molecule has 0 bridgehead atoms. The van der Waals surface area contributed by atoms with E-state index in [1.165, 1.54) is 11.0 Å². The second-order valence-electron chi connectivity index (χ2n) is 5.64. The molecule has 0 fully saturated rings. The van der Waals surface area contributed by atoms with Gasteiger partial charge in [0.25, 0.3) is 5.91 Å². The summed E-state index contributed by atoms with van der Waals surface area (Å²) in [6.45, 7) is 1.80. The van der Waals surface area contributed by atoms with Gasteiger partial charge in [-0.15, -0.1) is 0 Å². The Labute approximate surface area is 143 Å². The first-order valence-corrected chi connectivity index (χ1v) is 7.77. The van der Waals surface area contributed by atoms with Crippen molar-refractivity contribution in [1.82, 2.24) is 0 Å². The van der Waals surface area contributed by atoms with Crippen molar-refractivity contribution >= 4 is 23.2 Å². The van der Waals surface area contributed by atoms with Crippen LogP contribution in [0.15, 0.2) is 42.5 Å². The summed E-state index contributed by atoms with van der Waals surface area (Å²) in [6.07, 6.45) is -0.629. The summed E-state index contributed by atoms with van der Waals surface area (Å²) < 4.78 is 31.6. The number of ether oxygens (including phenoxy) is 1. The largest absolute Gasteiger partial charge is 0.479 e. The normalized spacial score (nSPS) is 16.2. The van der Waals surface area contributed by atoms with Crippen LogP contribution in [0.4, 0.5) is 20.2 Å². The van der Waals surface area contributed by atoms with Gasteiger partial charge in [-0.2, -0.15) is 0 Å². The molecule has 0 saturated heterocycles. The molecule has 1 N–H and O–H groups in total. The number of fused-ring (bicyclic) bond motifs is 1. The van der Waals surface area contributed by atoms with E-state index in [4.69, 9.17) is 4.74 Å². The third-order valence-corrected chi connectivity index (χ3v) is 3.84. The predicted octanol–water partition coefficient (Wildman–Crippen LogP) is 3.11. The molecule has 1 atom stereocenters. The standard InChI is InChI=1S/C18H16F2N2O3/c1-11-18(24)22(15-4-2-3-5-16(15)25-11)9-8-17(23)21-12-6-7-13(19)14(20)10-12/h2-7,10-11H,8-9H2,1H3,(H,21,23). The lowest BCUT2D eigenvalue weighted by Crippen LogP contribution is -2.45. The van der Waals surface area contributed by atoms with Crippen LogP contribution in [0.2, 0.25) is 0 Å². The van der Waals surface area contributed by atoms with Gasteiger partial charge in [0.1, 0.15) is 5.75 Å². The van der Waals surface area contributed by atoms with E-state index >= 15 is 0 Å². The maximum absolute atomic E-state index is 13.2. The van der Waals surface area contributed by atoms with E-state index in [1.54, 1.807) is 31.2 Å². The molecule has 25 heavy (non-hydrogen) atoms. The molecule has 1 aliphatic heterocycles. The van der Waals surface area contributed by atoms with Crippen LogP contribution in [-0.2, 0) is 9.59 Å². The number of nitrogens with one attached hydrogen (secondary N) is 1. The highest BCUT2D eigenvalue weighted by atomic mass is 19.2. The summed E-state index contributed by atoms with van der Waals surface area (Å²) in [6, 6.07) is 10.2. The number of hydrogen-bond acceptors (Lipinski definition) is 3. The third kappa shape index (κ3) is 3.60. The first kappa shape index (κ1) is 16.9. The summed E-state index contributed by atoms with van der Waals surface area (Å²) in [5.74, 6) is -2.09. The van der Waals surface area contributed by atoms with Gasteiger partial charge in [0.05, 0.1) is 5.69 Å². The van der Waals surface area contributed by atoms with Crippen LogP contribution in [0, 0.1) is 11.6 Å². The molecule has 0 radical (unpaired) electrons. The topological polar surface area (TPSA) is 58.6 Å². The summed E-state index contributed by atoms with van der Waals surface area (Å²) in [7, 11) is 0. The van der Waals surface area contributed by atoms with Gasteiger partial charge < -0.3 is 15.0 Å².